The molecule has 2 aliphatic rings. The lowest BCUT2D eigenvalue weighted by Crippen LogP contribution is -2.38. The number of ether oxygens (including phenoxy) is 1. The number of carbonyl (C=O) groups is 1. The Morgan fingerprint density at radius 1 is 1.32 bits per heavy atom. The lowest BCUT2D eigenvalue weighted by Gasteiger charge is -2.21. The molecule has 1 saturated heterocycles. The van der Waals surface area contributed by atoms with E-state index in [4.69, 9.17) is 4.74 Å². The van der Waals surface area contributed by atoms with Crippen LogP contribution in [0, 0.1) is 0 Å². The minimum Gasteiger partial charge on any atom is -0.368 e. The Hall–Kier alpha value is -0.870. The predicted molar refractivity (Wildman–Crippen MR) is 76.4 cm³/mol. The number of hydrogen-bond acceptors (Lipinski definition) is 3. The fourth-order valence-corrected chi connectivity index (χ4v) is 4.10. The van der Waals surface area contributed by atoms with E-state index in [0.29, 0.717) is 6.54 Å². The van der Waals surface area contributed by atoms with E-state index in [0.717, 1.165) is 25.9 Å². The van der Waals surface area contributed by atoms with Gasteiger partial charge in [0.1, 0.15) is 6.10 Å². The van der Waals surface area contributed by atoms with Crippen LogP contribution in [0.2, 0.25) is 0 Å². The van der Waals surface area contributed by atoms with Crippen molar-refractivity contribution in [1.82, 2.24) is 5.32 Å². The molecule has 1 N–H and O–H groups in total. The van der Waals surface area contributed by atoms with Crippen molar-refractivity contribution >= 4 is 17.2 Å². The summed E-state index contributed by atoms with van der Waals surface area (Å²) in [6.45, 7) is 1.40. The Balaban J connectivity index is 1.57. The summed E-state index contributed by atoms with van der Waals surface area (Å²) < 4.78 is 5.51. The van der Waals surface area contributed by atoms with Crippen molar-refractivity contribution in [2.75, 3.05) is 6.61 Å². The molecule has 19 heavy (non-hydrogen) atoms. The second-order valence-corrected chi connectivity index (χ2v) is 6.41. The largest absolute Gasteiger partial charge is 0.368 e. The molecule has 2 heterocycles. The monoisotopic (exact) mass is 279 g/mol. The lowest BCUT2D eigenvalue weighted by atomic mass is 9.96. The minimum absolute atomic E-state index is 0.0652. The van der Waals surface area contributed by atoms with Gasteiger partial charge in [-0.3, -0.25) is 4.79 Å². The fraction of sp³-hybridized carbons (Fsp3) is 0.667. The highest BCUT2D eigenvalue weighted by Gasteiger charge is 2.22. The van der Waals surface area contributed by atoms with Crippen molar-refractivity contribution in [3.8, 4) is 0 Å². The van der Waals surface area contributed by atoms with Gasteiger partial charge in [-0.25, -0.2) is 0 Å². The molecule has 1 aliphatic heterocycles. The van der Waals surface area contributed by atoms with E-state index >= 15 is 0 Å². The first-order valence-electron chi connectivity index (χ1n) is 7.32. The van der Waals surface area contributed by atoms with E-state index in [2.05, 4.69) is 10.7 Å². The average Bonchev–Trinajstić information content (AvgIpc) is 2.89. The van der Waals surface area contributed by atoms with Gasteiger partial charge in [0, 0.05) is 18.0 Å². The molecular formula is C15H21NO2S. The Labute approximate surface area is 118 Å². The quantitative estimate of drug-likeness (QED) is 0.924. The molecule has 1 fully saturated rings. The summed E-state index contributed by atoms with van der Waals surface area (Å²) in [5.41, 5.74) is 2.82. The van der Waals surface area contributed by atoms with Gasteiger partial charge < -0.3 is 10.1 Å². The molecule has 0 bridgehead atoms. The van der Waals surface area contributed by atoms with Crippen LogP contribution in [0.5, 0.6) is 0 Å². The Bertz CT molecular complexity index is 449. The smallest absolute Gasteiger partial charge is 0.249 e. The second kappa shape index (κ2) is 6.06. The van der Waals surface area contributed by atoms with Gasteiger partial charge in [0.25, 0.3) is 0 Å². The van der Waals surface area contributed by atoms with Crippen LogP contribution in [0.1, 0.15) is 48.1 Å². The first kappa shape index (κ1) is 13.1. The molecule has 0 spiro atoms. The summed E-state index contributed by atoms with van der Waals surface area (Å²) >= 11 is 1.86. The standard InChI is InChI=1S/C15H21NO2S/c17-15(13-6-3-4-8-18-13)16-9-11-10-19-14-7-2-1-5-12(11)14/h10,13H,1-9H2,(H,16,17)/t13-/m1/s1. The Morgan fingerprint density at radius 3 is 3.05 bits per heavy atom. The molecule has 1 aromatic heterocycles. The molecular weight excluding hydrogens is 258 g/mol. The number of aryl methyl sites for hydroxylation is 1. The van der Waals surface area contributed by atoms with Crippen LogP contribution in [-0.2, 0) is 28.9 Å². The SMILES string of the molecule is O=C(NCc1csc2c1CCCC2)[C@H]1CCCCO1. The molecule has 4 heteroatoms. The first-order chi connectivity index (χ1) is 9.34. The highest BCUT2D eigenvalue weighted by atomic mass is 32.1. The van der Waals surface area contributed by atoms with Gasteiger partial charge in [-0.05, 0) is 61.5 Å². The topological polar surface area (TPSA) is 38.3 Å². The highest BCUT2D eigenvalue weighted by molar-refractivity contribution is 7.10. The highest BCUT2D eigenvalue weighted by Crippen LogP contribution is 2.30. The van der Waals surface area contributed by atoms with Crippen molar-refractivity contribution in [3.63, 3.8) is 0 Å². The molecule has 0 aromatic carbocycles. The van der Waals surface area contributed by atoms with Crippen LogP contribution in [0.15, 0.2) is 5.38 Å². The molecule has 0 saturated carbocycles. The average molecular weight is 279 g/mol. The van der Waals surface area contributed by atoms with Crippen molar-refractivity contribution < 1.29 is 9.53 Å². The summed E-state index contributed by atoms with van der Waals surface area (Å²) in [5.74, 6) is 0.0652. The molecule has 104 valence electrons. The Morgan fingerprint density at radius 2 is 2.21 bits per heavy atom. The fourth-order valence-electron chi connectivity index (χ4n) is 2.95. The van der Waals surface area contributed by atoms with Crippen LogP contribution in [0.4, 0.5) is 0 Å². The third-order valence-corrected chi connectivity index (χ3v) is 5.21. The first-order valence-corrected chi connectivity index (χ1v) is 8.20. The normalized spacial score (nSPS) is 22.8. The van der Waals surface area contributed by atoms with Gasteiger partial charge >= 0.3 is 0 Å². The van der Waals surface area contributed by atoms with Crippen molar-refractivity contribution in [2.24, 2.45) is 0 Å². The zero-order chi connectivity index (χ0) is 13.1. The van der Waals surface area contributed by atoms with Crippen LogP contribution in [0.25, 0.3) is 0 Å². The van der Waals surface area contributed by atoms with Crippen LogP contribution in [-0.4, -0.2) is 18.6 Å². The summed E-state index contributed by atoms with van der Waals surface area (Å²) in [4.78, 5) is 13.6. The number of nitrogens with one attached hydrogen (secondary N) is 1. The van der Waals surface area contributed by atoms with E-state index in [-0.39, 0.29) is 12.0 Å². The summed E-state index contributed by atoms with van der Waals surface area (Å²) in [6.07, 6.45) is 7.85. The van der Waals surface area contributed by atoms with Crippen LogP contribution >= 0.6 is 11.3 Å². The van der Waals surface area contributed by atoms with Gasteiger partial charge in [-0.2, -0.15) is 0 Å². The lowest BCUT2D eigenvalue weighted by molar-refractivity contribution is -0.135. The molecule has 1 aromatic rings. The Kier molecular flexibility index (Phi) is 4.18. The zero-order valence-corrected chi connectivity index (χ0v) is 12.1. The molecule has 1 atom stereocenters. The number of thiophene rings is 1. The van der Waals surface area contributed by atoms with Gasteiger partial charge in [0.05, 0.1) is 0 Å². The van der Waals surface area contributed by atoms with Crippen molar-refractivity contribution in [2.45, 2.75) is 57.6 Å². The molecule has 0 unspecified atom stereocenters. The van der Waals surface area contributed by atoms with E-state index < -0.39 is 0 Å². The summed E-state index contributed by atoms with van der Waals surface area (Å²) in [7, 11) is 0. The number of fused-ring (bicyclic) bond motifs is 1. The van der Waals surface area contributed by atoms with Crippen molar-refractivity contribution in [3.05, 3.63) is 21.4 Å². The van der Waals surface area contributed by atoms with E-state index in [1.165, 1.54) is 41.7 Å². The third-order valence-electron chi connectivity index (χ3n) is 4.07. The molecule has 0 radical (unpaired) electrons. The van der Waals surface area contributed by atoms with Crippen molar-refractivity contribution in [1.29, 1.82) is 0 Å². The maximum Gasteiger partial charge on any atom is 0.249 e. The maximum absolute atomic E-state index is 12.0. The van der Waals surface area contributed by atoms with E-state index in [1.54, 1.807) is 0 Å². The van der Waals surface area contributed by atoms with E-state index in [9.17, 15) is 4.79 Å². The summed E-state index contributed by atoms with van der Waals surface area (Å²) in [5, 5.41) is 5.27. The maximum atomic E-state index is 12.0. The number of carbonyl (C=O) groups excluding carboxylic acids is 1. The second-order valence-electron chi connectivity index (χ2n) is 5.44. The zero-order valence-electron chi connectivity index (χ0n) is 11.2. The number of hydrogen-bond donors (Lipinski definition) is 1. The molecule has 3 rings (SSSR count). The van der Waals surface area contributed by atoms with Crippen LogP contribution in [0.3, 0.4) is 0 Å². The number of amides is 1. The molecule has 3 nitrogen and oxygen atoms in total. The van der Waals surface area contributed by atoms with Gasteiger partial charge in [-0.15, -0.1) is 11.3 Å². The van der Waals surface area contributed by atoms with Gasteiger partial charge in [0.2, 0.25) is 5.91 Å². The third kappa shape index (κ3) is 3.00. The van der Waals surface area contributed by atoms with E-state index in [1.807, 2.05) is 11.3 Å². The van der Waals surface area contributed by atoms with Crippen LogP contribution < -0.4 is 5.32 Å². The molecule has 1 amide bonds. The summed E-state index contributed by atoms with van der Waals surface area (Å²) in [6, 6.07) is 0. The number of rotatable bonds is 3. The molecule has 1 aliphatic carbocycles. The minimum atomic E-state index is -0.219. The van der Waals surface area contributed by atoms with Gasteiger partial charge in [0.15, 0.2) is 0 Å². The van der Waals surface area contributed by atoms with Gasteiger partial charge in [-0.1, -0.05) is 0 Å². The predicted octanol–water partition coefficient (Wildman–Crippen LogP) is 2.81.